The maximum absolute atomic E-state index is 6.84. The Morgan fingerprint density at radius 1 is 0.964 bits per heavy atom. The molecule has 0 N–H and O–H groups in total. The summed E-state index contributed by atoms with van der Waals surface area (Å²) < 4.78 is 11.0. The summed E-state index contributed by atoms with van der Waals surface area (Å²) in [6, 6.07) is 7.14. The topological polar surface area (TPSA) is 18.5 Å². The van der Waals surface area contributed by atoms with E-state index in [1.807, 2.05) is 0 Å². The van der Waals surface area contributed by atoms with Gasteiger partial charge in [0.1, 0.15) is 28.4 Å². The van der Waals surface area contributed by atoms with Crippen molar-refractivity contribution in [3.05, 3.63) is 34.9 Å². The zero-order valence-corrected chi connectivity index (χ0v) is 24.9. The van der Waals surface area contributed by atoms with Crippen LogP contribution < -0.4 is 0 Å². The highest BCUT2D eigenvalue weighted by atomic mass is 127. The average molecular weight is 644 g/mol. The summed E-state index contributed by atoms with van der Waals surface area (Å²) in [5.41, 5.74) is 4.10. The van der Waals surface area contributed by atoms with Crippen LogP contribution in [0.15, 0.2) is 18.2 Å². The van der Waals surface area contributed by atoms with Gasteiger partial charge >= 0.3 is 7.57 Å². The van der Waals surface area contributed by atoms with Crippen LogP contribution in [-0.2, 0) is 25.2 Å². The van der Waals surface area contributed by atoms with Gasteiger partial charge < -0.3 is 9.47 Å². The van der Waals surface area contributed by atoms with Crippen LogP contribution in [0.1, 0.15) is 65.2 Å². The molecule has 2 unspecified atom stereocenters. The molecule has 1 rings (SSSR count). The third kappa shape index (κ3) is 6.31. The van der Waals surface area contributed by atoms with Gasteiger partial charge in [-0.1, -0.05) is 60.6 Å². The summed E-state index contributed by atoms with van der Waals surface area (Å²) in [4.78, 5) is 0.464. The maximum atomic E-state index is 6.84. The Bertz CT molecular complexity index is 662. The lowest BCUT2D eigenvalue weighted by atomic mass is 9.82. The van der Waals surface area contributed by atoms with Crippen molar-refractivity contribution in [2.75, 3.05) is 26.9 Å². The Morgan fingerprint density at radius 2 is 1.46 bits per heavy atom. The molecule has 3 radical (unpaired) electrons. The van der Waals surface area contributed by atoms with Gasteiger partial charge in [-0.15, -0.1) is 0 Å². The third-order valence-electron chi connectivity index (χ3n) is 5.56. The van der Waals surface area contributed by atoms with E-state index >= 15 is 0 Å². The molecule has 0 aromatic heterocycles. The molecular weight excluding hydrogens is 610 g/mol. The monoisotopic (exact) mass is 644 g/mol. The van der Waals surface area contributed by atoms with E-state index in [4.69, 9.17) is 17.0 Å². The number of hydrogen-bond donors (Lipinski definition) is 0. The standard InChI is InChI=1S/C20H34B2I2O2P2/c1-18(2,3)15-10-16(19(4,5)27(22-23)13-25-8)12-17(11-15)20(6,7)28(21,24)14-26-9/h10-12H,13-14H2,1-9H3/q+1. The summed E-state index contributed by atoms with van der Waals surface area (Å²) in [7, 11) is 9.95. The average Bonchev–Trinajstić information content (AvgIpc) is 2.58. The summed E-state index contributed by atoms with van der Waals surface area (Å²) in [6.07, 6.45) is 1.38. The Balaban J connectivity index is 3.67. The van der Waals surface area contributed by atoms with Crippen LogP contribution in [-0.4, -0.2) is 39.3 Å². The lowest BCUT2D eigenvalue weighted by Gasteiger charge is -2.38. The second-order valence-corrected chi connectivity index (χ2v) is 21.6. The molecular formula is C20H34B2I2O2P2+. The first kappa shape index (κ1) is 27.6. The number of rotatable bonds is 9. The lowest BCUT2D eigenvalue weighted by Crippen LogP contribution is -2.26. The molecule has 1 aromatic carbocycles. The number of benzene rings is 1. The van der Waals surface area contributed by atoms with Crippen LogP contribution in [0.25, 0.3) is 0 Å². The fourth-order valence-corrected chi connectivity index (χ4v) is 9.81. The predicted octanol–water partition coefficient (Wildman–Crippen LogP) is 7.56. The van der Waals surface area contributed by atoms with Gasteiger partial charge in [0.2, 0.25) is 4.86 Å². The molecule has 0 spiro atoms. The first-order valence-corrected chi connectivity index (χ1v) is 17.0. The first-order valence-electron chi connectivity index (χ1n) is 9.36. The highest BCUT2D eigenvalue weighted by molar-refractivity contribution is 14.2. The zero-order valence-electron chi connectivity index (χ0n) is 18.8. The third-order valence-corrected chi connectivity index (χ3v) is 17.3. The Kier molecular flexibility index (Phi) is 10.3. The Hall–Kier alpha value is 1.59. The van der Waals surface area contributed by atoms with Gasteiger partial charge in [0.05, 0.1) is 16.3 Å². The van der Waals surface area contributed by atoms with E-state index in [0.717, 1.165) is 6.35 Å². The van der Waals surface area contributed by atoms with Crippen LogP contribution in [0.2, 0.25) is 0 Å². The largest absolute Gasteiger partial charge is 0.381 e. The minimum atomic E-state index is -1.84. The van der Waals surface area contributed by atoms with Crippen LogP contribution in [0.5, 0.6) is 0 Å². The lowest BCUT2D eigenvalue weighted by molar-refractivity contribution is 0.254. The van der Waals surface area contributed by atoms with Crippen molar-refractivity contribution < 1.29 is 9.47 Å². The molecule has 2 atom stereocenters. The zero-order chi connectivity index (χ0) is 22.0. The van der Waals surface area contributed by atoms with Gasteiger partial charge in [-0.05, 0) is 36.0 Å². The van der Waals surface area contributed by atoms with Crippen molar-refractivity contribution in [3.63, 3.8) is 0 Å². The quantitative estimate of drug-likeness (QED) is 0.157. The molecule has 0 aliphatic heterocycles. The van der Waals surface area contributed by atoms with Gasteiger partial charge in [-0.2, -0.15) is 22.4 Å². The van der Waals surface area contributed by atoms with Gasteiger partial charge in [-0.3, -0.25) is 0 Å². The fraction of sp³-hybridized carbons (Fsp3) is 0.700. The molecule has 155 valence electrons. The van der Waals surface area contributed by atoms with Crippen molar-refractivity contribution in [1.82, 2.24) is 0 Å². The molecule has 0 aliphatic carbocycles. The van der Waals surface area contributed by atoms with E-state index < -0.39 is 12.6 Å². The van der Waals surface area contributed by atoms with Crippen molar-refractivity contribution in [2.24, 2.45) is 0 Å². The number of methoxy groups -OCH3 is 2. The second-order valence-electron chi connectivity index (χ2n) is 9.34. The van der Waals surface area contributed by atoms with Crippen LogP contribution in [0, 0.1) is 0 Å². The SMILES string of the molecule is [B][P+](I)(COC)C(C)(C)c1cc(C(C)(C)C)cc(C(C)(C)P([B]I)COC)c1. The minimum absolute atomic E-state index is 0.0147. The van der Waals surface area contributed by atoms with E-state index in [-0.39, 0.29) is 15.7 Å². The number of ether oxygens (including phenoxy) is 2. The van der Waals surface area contributed by atoms with Crippen LogP contribution >= 0.6 is 57.0 Å². The maximum Gasteiger partial charge on any atom is 0.379 e. The summed E-state index contributed by atoms with van der Waals surface area (Å²) in [6.45, 7) is 16.1. The Morgan fingerprint density at radius 3 is 1.89 bits per heavy atom. The van der Waals surface area contributed by atoms with E-state index in [1.54, 1.807) is 14.2 Å². The van der Waals surface area contributed by atoms with Crippen molar-refractivity contribution in [3.8, 4) is 0 Å². The number of hydrogen-bond acceptors (Lipinski definition) is 2. The molecule has 0 heterocycles. The molecule has 0 bridgehead atoms. The van der Waals surface area contributed by atoms with E-state index in [2.05, 4.69) is 116 Å². The molecule has 0 fully saturated rings. The molecule has 1 aromatic rings. The predicted molar refractivity (Wildman–Crippen MR) is 148 cm³/mol. The van der Waals surface area contributed by atoms with E-state index in [0.29, 0.717) is 6.35 Å². The first-order chi connectivity index (χ1) is 12.6. The van der Waals surface area contributed by atoms with Gasteiger partial charge in [0.15, 0.2) is 0 Å². The molecule has 0 aliphatic rings. The smallest absolute Gasteiger partial charge is 0.379 e. The van der Waals surface area contributed by atoms with Crippen molar-refractivity contribution in [2.45, 2.75) is 64.2 Å². The highest BCUT2D eigenvalue weighted by Crippen LogP contribution is 2.75. The fourth-order valence-electron chi connectivity index (χ4n) is 2.95. The van der Waals surface area contributed by atoms with Gasteiger partial charge in [0, 0.05) is 19.4 Å². The van der Waals surface area contributed by atoms with Gasteiger partial charge in [-0.25, -0.2) is 0 Å². The molecule has 8 heteroatoms. The van der Waals surface area contributed by atoms with Crippen molar-refractivity contribution in [1.29, 1.82) is 0 Å². The molecule has 0 saturated carbocycles. The summed E-state index contributed by atoms with van der Waals surface area (Å²) >= 11 is 4.85. The molecule has 0 saturated heterocycles. The van der Waals surface area contributed by atoms with Crippen LogP contribution in [0.3, 0.4) is 0 Å². The second kappa shape index (κ2) is 10.5. The van der Waals surface area contributed by atoms with E-state index in [1.165, 1.54) is 16.7 Å². The van der Waals surface area contributed by atoms with Crippen molar-refractivity contribution >= 4 is 69.4 Å². The minimum Gasteiger partial charge on any atom is -0.381 e. The normalized spacial score (nSPS) is 16.5. The van der Waals surface area contributed by atoms with E-state index in [9.17, 15) is 0 Å². The van der Waals surface area contributed by atoms with Gasteiger partial charge in [0.25, 0.3) is 0 Å². The number of halogens is 2. The molecule has 2 nitrogen and oxygen atoms in total. The molecule has 28 heavy (non-hydrogen) atoms. The summed E-state index contributed by atoms with van der Waals surface area (Å²) in [5, 5.41) is -0.130. The summed E-state index contributed by atoms with van der Waals surface area (Å²) in [5.74, 6) is 0. The Labute approximate surface area is 203 Å². The molecule has 0 amide bonds. The highest BCUT2D eigenvalue weighted by Gasteiger charge is 2.48. The van der Waals surface area contributed by atoms with Crippen LogP contribution in [0.4, 0.5) is 0 Å².